The number of primary amides is 1. The predicted molar refractivity (Wildman–Crippen MR) is 69.6 cm³/mol. The molecule has 0 bridgehead atoms. The van der Waals surface area contributed by atoms with Crippen molar-refractivity contribution >= 4 is 11.8 Å². The van der Waals surface area contributed by atoms with E-state index in [1.807, 2.05) is 0 Å². The van der Waals surface area contributed by atoms with Crippen LogP contribution < -0.4 is 11.1 Å². The first-order valence-electron chi connectivity index (χ1n) is 6.27. The van der Waals surface area contributed by atoms with Crippen LogP contribution >= 0.6 is 0 Å². The molecule has 0 saturated carbocycles. The molecule has 1 unspecified atom stereocenters. The van der Waals surface area contributed by atoms with Crippen molar-refractivity contribution in [3.63, 3.8) is 0 Å². The van der Waals surface area contributed by atoms with E-state index in [-0.39, 0.29) is 23.9 Å². The van der Waals surface area contributed by atoms with Gasteiger partial charge in [-0.15, -0.1) is 0 Å². The van der Waals surface area contributed by atoms with Gasteiger partial charge in [-0.05, 0) is 25.1 Å². The smallest absolute Gasteiger partial charge is 0.257 e. The highest BCUT2D eigenvalue weighted by Crippen LogP contribution is 2.19. The van der Waals surface area contributed by atoms with Crippen LogP contribution in [0.4, 0.5) is 4.39 Å². The fourth-order valence-corrected chi connectivity index (χ4v) is 2.27. The molecule has 2 rings (SSSR count). The average Bonchev–Trinajstić information content (AvgIpc) is 2.88. The Morgan fingerprint density at radius 3 is 2.80 bits per heavy atom. The van der Waals surface area contributed by atoms with Crippen LogP contribution in [0.1, 0.15) is 16.8 Å². The number of amides is 2. The second-order valence-electron chi connectivity index (χ2n) is 4.71. The Hall–Kier alpha value is -2.15. The van der Waals surface area contributed by atoms with Gasteiger partial charge in [0.25, 0.3) is 5.91 Å². The van der Waals surface area contributed by atoms with Crippen LogP contribution in [-0.2, 0) is 4.79 Å². The predicted octanol–water partition coefficient (Wildman–Crippen LogP) is -0.179. The molecule has 1 aliphatic rings. The van der Waals surface area contributed by atoms with E-state index in [4.69, 9.17) is 10.8 Å². The monoisotopic (exact) mass is 281 g/mol. The summed E-state index contributed by atoms with van der Waals surface area (Å²) in [5, 5.41) is 12.2. The van der Waals surface area contributed by atoms with Gasteiger partial charge in [-0.1, -0.05) is 0 Å². The highest BCUT2D eigenvalue weighted by molar-refractivity contribution is 5.97. The van der Waals surface area contributed by atoms with E-state index in [0.717, 1.165) is 12.6 Å². The summed E-state index contributed by atoms with van der Waals surface area (Å²) in [5.74, 6) is -2.34. The highest BCUT2D eigenvalue weighted by Gasteiger charge is 2.29. The lowest BCUT2D eigenvalue weighted by molar-refractivity contribution is -0.119. The first-order valence-corrected chi connectivity index (χ1v) is 6.27. The number of hydrogen-bond donors (Lipinski definition) is 3. The molecule has 6 nitrogen and oxygen atoms in total. The van der Waals surface area contributed by atoms with E-state index in [1.165, 1.54) is 17.0 Å². The molecule has 1 atom stereocenters. The largest absolute Gasteiger partial charge is 0.508 e. The molecular weight excluding hydrogens is 265 g/mol. The first-order chi connectivity index (χ1) is 9.49. The van der Waals surface area contributed by atoms with Crippen molar-refractivity contribution in [2.45, 2.75) is 12.5 Å². The highest BCUT2D eigenvalue weighted by atomic mass is 19.1. The molecule has 0 aromatic heterocycles. The van der Waals surface area contributed by atoms with Gasteiger partial charge < -0.3 is 21.1 Å². The van der Waals surface area contributed by atoms with Gasteiger partial charge in [0.15, 0.2) is 0 Å². The third-order valence-corrected chi connectivity index (χ3v) is 3.25. The lowest BCUT2D eigenvalue weighted by atomic mass is 10.1. The standard InChI is InChI=1S/C13H16FN3O3/c14-11-5-9(18)1-2-10(11)13(20)17(7-12(15)19)8-3-4-16-6-8/h1-2,5,8,16,18H,3-4,6-7H2,(H2,15,19). The lowest BCUT2D eigenvalue weighted by Gasteiger charge is -2.27. The Kier molecular flexibility index (Phi) is 4.19. The maximum Gasteiger partial charge on any atom is 0.257 e. The maximum atomic E-state index is 13.7. The molecule has 1 aromatic rings. The number of carbonyl (C=O) groups excluding carboxylic acids is 2. The van der Waals surface area contributed by atoms with E-state index >= 15 is 0 Å². The van der Waals surface area contributed by atoms with Crippen molar-refractivity contribution in [1.29, 1.82) is 0 Å². The molecule has 108 valence electrons. The number of carbonyl (C=O) groups is 2. The fraction of sp³-hybridized carbons (Fsp3) is 0.385. The van der Waals surface area contributed by atoms with Crippen molar-refractivity contribution in [2.24, 2.45) is 5.73 Å². The number of hydrogen-bond acceptors (Lipinski definition) is 4. The van der Waals surface area contributed by atoms with E-state index in [2.05, 4.69) is 5.32 Å². The van der Waals surface area contributed by atoms with Gasteiger partial charge in [0.2, 0.25) is 5.91 Å². The molecule has 0 radical (unpaired) electrons. The van der Waals surface area contributed by atoms with Crippen LogP contribution in [0, 0.1) is 5.82 Å². The van der Waals surface area contributed by atoms with E-state index in [0.29, 0.717) is 13.0 Å². The molecule has 4 N–H and O–H groups in total. The first kappa shape index (κ1) is 14.3. The number of aromatic hydroxyl groups is 1. The number of phenols is 1. The van der Waals surface area contributed by atoms with Gasteiger partial charge in [0, 0.05) is 18.7 Å². The van der Waals surface area contributed by atoms with E-state index in [1.54, 1.807) is 0 Å². The molecule has 20 heavy (non-hydrogen) atoms. The third-order valence-electron chi connectivity index (χ3n) is 3.25. The zero-order chi connectivity index (χ0) is 14.7. The average molecular weight is 281 g/mol. The van der Waals surface area contributed by atoms with Crippen LogP contribution in [0.25, 0.3) is 0 Å². The zero-order valence-electron chi connectivity index (χ0n) is 10.8. The molecular formula is C13H16FN3O3. The van der Waals surface area contributed by atoms with Gasteiger partial charge in [0.05, 0.1) is 12.1 Å². The normalized spacial score (nSPS) is 17.9. The Labute approximate surface area is 115 Å². The van der Waals surface area contributed by atoms with Gasteiger partial charge >= 0.3 is 0 Å². The Bertz CT molecular complexity index is 530. The number of nitrogens with two attached hydrogens (primary N) is 1. The fourth-order valence-electron chi connectivity index (χ4n) is 2.27. The van der Waals surface area contributed by atoms with Crippen molar-refractivity contribution in [3.05, 3.63) is 29.6 Å². The topological polar surface area (TPSA) is 95.7 Å². The Morgan fingerprint density at radius 2 is 2.25 bits per heavy atom. The molecule has 1 aliphatic heterocycles. The van der Waals surface area contributed by atoms with Gasteiger partial charge in [-0.25, -0.2) is 4.39 Å². The number of halogens is 1. The van der Waals surface area contributed by atoms with Crippen LogP contribution in [0.2, 0.25) is 0 Å². The SMILES string of the molecule is NC(=O)CN(C(=O)c1ccc(O)cc1F)C1CCNC1. The quantitative estimate of drug-likeness (QED) is 0.713. The minimum Gasteiger partial charge on any atom is -0.508 e. The Balaban J connectivity index is 2.27. The summed E-state index contributed by atoms with van der Waals surface area (Å²) in [7, 11) is 0. The summed E-state index contributed by atoms with van der Waals surface area (Å²) in [6.45, 7) is 1.01. The number of benzene rings is 1. The van der Waals surface area contributed by atoms with Crippen molar-refractivity contribution in [2.75, 3.05) is 19.6 Å². The molecule has 0 aliphatic carbocycles. The third kappa shape index (κ3) is 3.05. The van der Waals surface area contributed by atoms with Crippen LogP contribution in [0.3, 0.4) is 0 Å². The molecule has 2 amide bonds. The van der Waals surface area contributed by atoms with Crippen molar-refractivity contribution in [1.82, 2.24) is 10.2 Å². The minimum atomic E-state index is -0.824. The van der Waals surface area contributed by atoms with Gasteiger partial charge in [0.1, 0.15) is 11.6 Å². The van der Waals surface area contributed by atoms with Crippen molar-refractivity contribution < 1.29 is 19.1 Å². The van der Waals surface area contributed by atoms with Crippen LogP contribution in [-0.4, -0.2) is 47.5 Å². The number of phenolic OH excluding ortho intramolecular Hbond substituents is 1. The van der Waals surface area contributed by atoms with Crippen molar-refractivity contribution in [3.8, 4) is 5.75 Å². The molecule has 1 aromatic carbocycles. The molecule has 0 spiro atoms. The summed E-state index contributed by atoms with van der Waals surface area (Å²) < 4.78 is 13.7. The van der Waals surface area contributed by atoms with Crippen LogP contribution in [0.5, 0.6) is 5.75 Å². The summed E-state index contributed by atoms with van der Waals surface area (Å²) in [6, 6.07) is 3.10. The minimum absolute atomic E-state index is 0.184. The van der Waals surface area contributed by atoms with E-state index < -0.39 is 17.6 Å². The number of nitrogens with zero attached hydrogens (tertiary/aromatic N) is 1. The van der Waals surface area contributed by atoms with E-state index in [9.17, 15) is 14.0 Å². The lowest BCUT2D eigenvalue weighted by Crippen LogP contribution is -2.46. The molecule has 7 heteroatoms. The second kappa shape index (κ2) is 5.87. The number of rotatable bonds is 4. The zero-order valence-corrected chi connectivity index (χ0v) is 10.8. The maximum absolute atomic E-state index is 13.7. The summed E-state index contributed by atoms with van der Waals surface area (Å²) >= 11 is 0. The molecule has 1 heterocycles. The summed E-state index contributed by atoms with van der Waals surface area (Å²) in [5.41, 5.74) is 4.97. The summed E-state index contributed by atoms with van der Waals surface area (Å²) in [4.78, 5) is 24.8. The van der Waals surface area contributed by atoms with Gasteiger partial charge in [-0.3, -0.25) is 9.59 Å². The molecule has 1 fully saturated rings. The second-order valence-corrected chi connectivity index (χ2v) is 4.71. The Morgan fingerprint density at radius 1 is 1.50 bits per heavy atom. The molecule has 1 saturated heterocycles. The summed E-state index contributed by atoms with van der Waals surface area (Å²) in [6.07, 6.45) is 0.679. The number of nitrogens with one attached hydrogen (secondary N) is 1. The van der Waals surface area contributed by atoms with Crippen LogP contribution in [0.15, 0.2) is 18.2 Å². The van der Waals surface area contributed by atoms with Gasteiger partial charge in [-0.2, -0.15) is 0 Å².